The molecule has 188 valence electrons. The highest BCUT2D eigenvalue weighted by atomic mass is 35.5. The number of rotatable bonds is 11. The molecule has 0 aliphatic carbocycles. The molecule has 0 saturated heterocycles. The Labute approximate surface area is 211 Å². The van der Waals surface area contributed by atoms with Crippen LogP contribution in [0.5, 0.6) is 0 Å². The average Bonchev–Trinajstić information content (AvgIpc) is 3.37. The van der Waals surface area contributed by atoms with E-state index < -0.39 is 12.1 Å². The lowest BCUT2D eigenvalue weighted by Crippen LogP contribution is -2.36. The zero-order valence-electron chi connectivity index (χ0n) is 19.2. The maximum atomic E-state index is 12.4. The van der Waals surface area contributed by atoms with Crippen LogP contribution in [0.25, 0.3) is 11.8 Å². The first kappa shape index (κ1) is 26.2. The monoisotopic (exact) mass is 513 g/mol. The first-order chi connectivity index (χ1) is 17.3. The summed E-state index contributed by atoms with van der Waals surface area (Å²) in [6.07, 6.45) is 3.50. The number of carbonyl (C=O) groups excluding carboxylic acids is 2. The topological polar surface area (TPSA) is 160 Å². The number of aliphatic carboxylic acids is 1. The zero-order valence-corrected chi connectivity index (χ0v) is 20.0. The maximum absolute atomic E-state index is 12.4. The van der Waals surface area contributed by atoms with Crippen LogP contribution in [0.4, 0.5) is 16.2 Å². The van der Waals surface area contributed by atoms with Crippen molar-refractivity contribution in [1.82, 2.24) is 25.5 Å². The number of nitrogens with zero attached hydrogens (tertiary/aromatic N) is 4. The van der Waals surface area contributed by atoms with Crippen LogP contribution < -0.4 is 16.0 Å². The second-order valence-corrected chi connectivity index (χ2v) is 8.00. The third-order valence-electron chi connectivity index (χ3n) is 4.68. The van der Waals surface area contributed by atoms with E-state index in [1.54, 1.807) is 48.5 Å². The molecule has 0 spiro atoms. The Morgan fingerprint density at radius 3 is 2.61 bits per heavy atom. The number of hydrogen-bond donors (Lipinski definition) is 4. The predicted molar refractivity (Wildman–Crippen MR) is 133 cm³/mol. The molecule has 3 rings (SSSR count). The normalized spacial score (nSPS) is 11.6. The summed E-state index contributed by atoms with van der Waals surface area (Å²) in [5.74, 6) is -1.33. The van der Waals surface area contributed by atoms with Crippen LogP contribution in [0, 0.1) is 0 Å². The highest BCUT2D eigenvalue weighted by molar-refractivity contribution is 6.30. The van der Waals surface area contributed by atoms with Crippen LogP contribution in [0.3, 0.4) is 0 Å². The zero-order chi connectivity index (χ0) is 25.9. The lowest BCUT2D eigenvalue weighted by atomic mass is 10.1. The molecule has 0 aliphatic rings. The second-order valence-electron chi connectivity index (χ2n) is 7.56. The number of nitrogens with one attached hydrogen (secondary N) is 3. The minimum Gasteiger partial charge on any atom is -0.481 e. The van der Waals surface area contributed by atoms with Crippen LogP contribution in [-0.4, -0.2) is 62.5 Å². The van der Waals surface area contributed by atoms with E-state index in [1.165, 1.54) is 17.1 Å². The Balaban J connectivity index is 1.46. The molecule has 0 radical (unpaired) electrons. The van der Waals surface area contributed by atoms with Gasteiger partial charge >= 0.3 is 12.1 Å². The van der Waals surface area contributed by atoms with Crippen LogP contribution in [0.2, 0.25) is 5.02 Å². The Morgan fingerprint density at radius 1 is 1.17 bits per heavy atom. The molecule has 2 amide bonds. The van der Waals surface area contributed by atoms with Crippen molar-refractivity contribution in [1.29, 1.82) is 0 Å². The third-order valence-corrected chi connectivity index (χ3v) is 4.92. The van der Waals surface area contributed by atoms with Gasteiger partial charge in [-0.1, -0.05) is 11.6 Å². The van der Waals surface area contributed by atoms with E-state index in [-0.39, 0.29) is 25.0 Å². The Kier molecular flexibility index (Phi) is 9.34. The van der Waals surface area contributed by atoms with Gasteiger partial charge in [0.05, 0.1) is 12.1 Å². The number of benzene rings is 2. The largest absolute Gasteiger partial charge is 0.481 e. The molecule has 0 aliphatic heterocycles. The van der Waals surface area contributed by atoms with Crippen molar-refractivity contribution < 1.29 is 24.2 Å². The first-order valence-corrected chi connectivity index (χ1v) is 11.2. The number of carboxylic acid groups (broad SMARTS) is 1. The van der Waals surface area contributed by atoms with Gasteiger partial charge < -0.3 is 20.5 Å². The van der Waals surface area contributed by atoms with Crippen LogP contribution in [0.15, 0.2) is 54.9 Å². The van der Waals surface area contributed by atoms with Crippen molar-refractivity contribution in [3.63, 3.8) is 0 Å². The fourth-order valence-corrected chi connectivity index (χ4v) is 3.15. The van der Waals surface area contributed by atoms with E-state index in [1.807, 2.05) is 6.92 Å². The van der Waals surface area contributed by atoms with E-state index in [4.69, 9.17) is 21.4 Å². The molecule has 1 heterocycles. The summed E-state index contributed by atoms with van der Waals surface area (Å²) in [6.45, 7) is 2.10. The lowest BCUT2D eigenvalue weighted by molar-refractivity contribution is -0.137. The van der Waals surface area contributed by atoms with Gasteiger partial charge in [0.15, 0.2) is 0 Å². The number of hydrogen-bond acceptors (Lipinski definition) is 8. The molecule has 13 heteroatoms. The van der Waals surface area contributed by atoms with Crippen molar-refractivity contribution in [2.45, 2.75) is 19.4 Å². The molecule has 1 atom stereocenters. The number of ether oxygens (including phenoxy) is 1. The molecule has 0 fully saturated rings. The summed E-state index contributed by atoms with van der Waals surface area (Å²) >= 11 is 6.09. The van der Waals surface area contributed by atoms with Crippen molar-refractivity contribution in [2.75, 3.05) is 23.8 Å². The number of carbonyl (C=O) groups is 3. The van der Waals surface area contributed by atoms with Crippen LogP contribution >= 0.6 is 11.6 Å². The lowest BCUT2D eigenvalue weighted by Gasteiger charge is -2.15. The smallest absolute Gasteiger partial charge is 0.411 e. The summed E-state index contributed by atoms with van der Waals surface area (Å²) in [4.78, 5) is 34.5. The number of tetrazole rings is 1. The van der Waals surface area contributed by atoms with Crippen molar-refractivity contribution in [2.24, 2.45) is 0 Å². The van der Waals surface area contributed by atoms with Crippen LogP contribution in [-0.2, 0) is 14.3 Å². The standard InChI is InChI=1S/C23H24ClN7O5/c1-15(13-25-18-4-6-19(7-5-18)28-23(35)36-11-10-22(33)34)27-21(32)9-2-16-12-17(24)3-8-20(16)31-14-26-29-30-31/h2-9,12,14-15,25H,10-11,13H2,1H3,(H,27,32)(H,28,35)(H,33,34)/b9-2+. The summed E-state index contributed by atoms with van der Waals surface area (Å²) in [6, 6.07) is 11.8. The fraction of sp³-hybridized carbons (Fsp3) is 0.217. The summed E-state index contributed by atoms with van der Waals surface area (Å²) < 4.78 is 6.25. The Bertz CT molecular complexity index is 1220. The molecule has 12 nitrogen and oxygen atoms in total. The summed E-state index contributed by atoms with van der Waals surface area (Å²) in [7, 11) is 0. The molecule has 1 aromatic heterocycles. The van der Waals surface area contributed by atoms with Gasteiger partial charge in [-0.15, -0.1) is 5.10 Å². The maximum Gasteiger partial charge on any atom is 0.411 e. The van der Waals surface area contributed by atoms with Gasteiger partial charge in [-0.05, 0) is 65.9 Å². The van der Waals surface area contributed by atoms with E-state index in [2.05, 4.69) is 31.5 Å². The van der Waals surface area contributed by atoms with Gasteiger partial charge in [-0.2, -0.15) is 4.68 Å². The van der Waals surface area contributed by atoms with Gasteiger partial charge in [-0.3, -0.25) is 14.9 Å². The number of anilines is 2. The molecule has 0 bridgehead atoms. The quantitative estimate of drug-likeness (QED) is 0.282. The Morgan fingerprint density at radius 2 is 1.92 bits per heavy atom. The Hall–Kier alpha value is -4.45. The second kappa shape index (κ2) is 12.9. The van der Waals surface area contributed by atoms with E-state index in [9.17, 15) is 14.4 Å². The van der Waals surface area contributed by atoms with Crippen LogP contribution in [0.1, 0.15) is 18.9 Å². The molecule has 0 saturated carbocycles. The van der Waals surface area contributed by atoms with Crippen molar-refractivity contribution in [3.8, 4) is 5.69 Å². The highest BCUT2D eigenvalue weighted by Crippen LogP contribution is 2.20. The van der Waals surface area contributed by atoms with Gasteiger partial charge in [-0.25, -0.2) is 4.79 Å². The molecular formula is C23H24ClN7O5. The SMILES string of the molecule is CC(CNc1ccc(NC(=O)OCCC(=O)O)cc1)NC(=O)/C=C/c1cc(Cl)ccc1-n1cnnn1. The molecule has 36 heavy (non-hydrogen) atoms. The first-order valence-electron chi connectivity index (χ1n) is 10.8. The number of aromatic nitrogens is 4. The number of amides is 2. The predicted octanol–water partition coefficient (Wildman–Crippen LogP) is 2.97. The molecule has 3 aromatic rings. The average molecular weight is 514 g/mol. The summed E-state index contributed by atoms with van der Waals surface area (Å²) in [5, 5.41) is 28.8. The van der Waals surface area contributed by atoms with Gasteiger partial charge in [0.2, 0.25) is 5.91 Å². The number of halogens is 1. The van der Waals surface area contributed by atoms with Gasteiger partial charge in [0, 0.05) is 40.6 Å². The van der Waals surface area contributed by atoms with Crippen molar-refractivity contribution in [3.05, 3.63) is 65.5 Å². The van der Waals surface area contributed by atoms with E-state index in [0.29, 0.717) is 28.5 Å². The minimum absolute atomic E-state index is 0.192. The molecule has 4 N–H and O–H groups in total. The number of carboxylic acids is 1. The molecule has 2 aromatic carbocycles. The summed E-state index contributed by atoms with van der Waals surface area (Å²) in [5.41, 5.74) is 2.63. The fourth-order valence-electron chi connectivity index (χ4n) is 2.97. The third kappa shape index (κ3) is 8.40. The minimum atomic E-state index is -1.05. The van der Waals surface area contributed by atoms with E-state index in [0.717, 1.165) is 5.69 Å². The van der Waals surface area contributed by atoms with E-state index >= 15 is 0 Å². The molecular weight excluding hydrogens is 490 g/mol. The van der Waals surface area contributed by atoms with Crippen molar-refractivity contribution >= 4 is 47.0 Å². The van der Waals surface area contributed by atoms with Gasteiger partial charge in [0.1, 0.15) is 12.9 Å². The highest BCUT2D eigenvalue weighted by Gasteiger charge is 2.09. The van der Waals surface area contributed by atoms with Gasteiger partial charge in [0.25, 0.3) is 0 Å². The molecule has 1 unspecified atom stereocenters.